The molecule has 0 heterocycles. The second kappa shape index (κ2) is 20.6. The third-order valence-electron chi connectivity index (χ3n) is 3.35. The third kappa shape index (κ3) is 17.5. The Morgan fingerprint density at radius 2 is 1.85 bits per heavy atom. The van der Waals surface area contributed by atoms with Crippen LogP contribution in [0.3, 0.4) is 0 Å². The van der Waals surface area contributed by atoms with Crippen LogP contribution in [0.15, 0.2) is 66.3 Å². The van der Waals surface area contributed by atoms with E-state index in [-0.39, 0.29) is 0 Å². The highest BCUT2D eigenvalue weighted by Crippen LogP contribution is 2.09. The van der Waals surface area contributed by atoms with Gasteiger partial charge in [0.05, 0.1) is 11.6 Å². The first kappa shape index (κ1) is 27.5. The summed E-state index contributed by atoms with van der Waals surface area (Å²) >= 11 is 1.66. The molecule has 0 spiro atoms. The van der Waals surface area contributed by atoms with Crippen molar-refractivity contribution in [2.45, 2.75) is 33.6 Å². The predicted molar refractivity (Wildman–Crippen MR) is 127 cm³/mol. The van der Waals surface area contributed by atoms with E-state index in [0.717, 1.165) is 61.3 Å². The summed E-state index contributed by atoms with van der Waals surface area (Å²) in [6.07, 6.45) is 9.78. The van der Waals surface area contributed by atoms with Crippen molar-refractivity contribution in [3.05, 3.63) is 61.3 Å². The second-order valence-electron chi connectivity index (χ2n) is 5.52. The molecule has 0 aliphatic heterocycles. The van der Waals surface area contributed by atoms with Crippen molar-refractivity contribution in [2.24, 2.45) is 4.99 Å². The summed E-state index contributed by atoms with van der Waals surface area (Å²) in [6.45, 7) is 24.9. The fourth-order valence-electron chi connectivity index (χ4n) is 1.98. The average Bonchev–Trinajstić information content (AvgIpc) is 2.66. The van der Waals surface area contributed by atoms with Crippen LogP contribution in [0.4, 0.5) is 0 Å². The number of amidine groups is 1. The van der Waals surface area contributed by atoms with Crippen molar-refractivity contribution in [3.63, 3.8) is 0 Å². The van der Waals surface area contributed by atoms with Gasteiger partial charge in [-0.2, -0.15) is 0 Å². The largest absolute Gasteiger partial charge is 0.359 e. The molecule has 0 aliphatic rings. The van der Waals surface area contributed by atoms with Gasteiger partial charge in [-0.15, -0.1) is 18.3 Å². The summed E-state index contributed by atoms with van der Waals surface area (Å²) < 4.78 is 0. The Bertz CT molecular complexity index is 481. The minimum absolute atomic E-state index is 0.771. The van der Waals surface area contributed by atoms with Gasteiger partial charge < -0.3 is 15.5 Å². The molecule has 27 heavy (non-hydrogen) atoms. The average molecular weight is 393 g/mol. The monoisotopic (exact) mass is 392 g/mol. The molecule has 4 nitrogen and oxygen atoms in total. The first-order valence-corrected chi connectivity index (χ1v) is 10.6. The summed E-state index contributed by atoms with van der Waals surface area (Å²) in [5.41, 5.74) is 0.797. The molecule has 0 aromatic carbocycles. The number of hydrogen-bond acceptors (Lipinski definition) is 4. The Balaban J connectivity index is 0. The van der Waals surface area contributed by atoms with Gasteiger partial charge in [0.2, 0.25) is 0 Å². The highest BCUT2D eigenvalue weighted by molar-refractivity contribution is 8.02. The molecule has 0 bridgehead atoms. The molecule has 0 aliphatic carbocycles. The van der Waals surface area contributed by atoms with Crippen LogP contribution in [0.2, 0.25) is 0 Å². The number of rotatable bonds is 14. The standard InChI is InChI=1S/C14H27N3.C8H13NS/c1-5-8-9-11-16-14(10-6-2)17(7-3)13-12-15-4;1-5-7(3)9-8(4)10-6-2/h6,8-9,15H,2,5,7,10-13H2,1,3-4H3;5,9H,1,3-4,6H2,2H3/b9-8-,16-14?;. The Hall–Kier alpha value is -1.72. The van der Waals surface area contributed by atoms with Crippen LogP contribution in [0.25, 0.3) is 0 Å². The molecule has 0 atom stereocenters. The maximum Gasteiger partial charge on any atom is 0.103 e. The molecule has 0 aromatic rings. The van der Waals surface area contributed by atoms with Crippen LogP contribution in [0, 0.1) is 0 Å². The SMILES string of the molecule is C=CC(=C)NC(=C)SCC.C=CCC(=NC/C=C\CC)N(CC)CCNC. The fourth-order valence-corrected chi connectivity index (χ4v) is 2.53. The van der Waals surface area contributed by atoms with Gasteiger partial charge in [0.1, 0.15) is 5.84 Å². The number of aliphatic imine (C=N–C) groups is 1. The van der Waals surface area contributed by atoms with Crippen LogP contribution in [-0.4, -0.2) is 49.7 Å². The lowest BCUT2D eigenvalue weighted by molar-refractivity contribution is 0.430. The number of allylic oxidation sites excluding steroid dienone is 2. The normalized spacial score (nSPS) is 10.7. The van der Waals surface area contributed by atoms with Crippen molar-refractivity contribution in [2.75, 3.05) is 39.0 Å². The van der Waals surface area contributed by atoms with Gasteiger partial charge >= 0.3 is 0 Å². The molecule has 0 saturated carbocycles. The topological polar surface area (TPSA) is 39.7 Å². The Labute approximate surface area is 172 Å². The van der Waals surface area contributed by atoms with Crippen LogP contribution < -0.4 is 10.6 Å². The number of likely N-dealkylation sites (N-methyl/N-ethyl adjacent to an activating group) is 2. The molecule has 0 saturated heterocycles. The minimum Gasteiger partial charge on any atom is -0.359 e. The highest BCUT2D eigenvalue weighted by Gasteiger charge is 2.06. The first-order valence-electron chi connectivity index (χ1n) is 9.59. The van der Waals surface area contributed by atoms with Crippen molar-refractivity contribution in [1.82, 2.24) is 15.5 Å². The second-order valence-corrected chi connectivity index (χ2v) is 6.88. The zero-order chi connectivity index (χ0) is 20.9. The fraction of sp³-hybridized carbons (Fsp3) is 0.500. The zero-order valence-electron chi connectivity index (χ0n) is 17.9. The van der Waals surface area contributed by atoms with E-state index in [9.17, 15) is 0 Å². The lowest BCUT2D eigenvalue weighted by Crippen LogP contribution is -2.36. The van der Waals surface area contributed by atoms with E-state index in [1.165, 1.54) is 0 Å². The van der Waals surface area contributed by atoms with Crippen LogP contribution in [0.5, 0.6) is 0 Å². The first-order chi connectivity index (χ1) is 13.0. The lowest BCUT2D eigenvalue weighted by Gasteiger charge is -2.24. The van der Waals surface area contributed by atoms with E-state index in [2.05, 4.69) is 79.8 Å². The van der Waals surface area contributed by atoms with Crippen LogP contribution in [0.1, 0.15) is 33.6 Å². The molecule has 0 aromatic heterocycles. The summed E-state index contributed by atoms with van der Waals surface area (Å²) in [5, 5.41) is 7.08. The lowest BCUT2D eigenvalue weighted by atomic mass is 10.3. The summed E-state index contributed by atoms with van der Waals surface area (Å²) in [4.78, 5) is 6.94. The van der Waals surface area contributed by atoms with Crippen molar-refractivity contribution in [1.29, 1.82) is 0 Å². The van der Waals surface area contributed by atoms with Crippen molar-refractivity contribution in [3.8, 4) is 0 Å². The molecule has 2 N–H and O–H groups in total. The van der Waals surface area contributed by atoms with Gasteiger partial charge in [0.25, 0.3) is 0 Å². The van der Waals surface area contributed by atoms with E-state index in [1.54, 1.807) is 17.8 Å². The van der Waals surface area contributed by atoms with Crippen molar-refractivity contribution < 1.29 is 0 Å². The summed E-state index contributed by atoms with van der Waals surface area (Å²) in [7, 11) is 1.97. The van der Waals surface area contributed by atoms with Gasteiger partial charge in [-0.1, -0.05) is 51.8 Å². The smallest absolute Gasteiger partial charge is 0.103 e. The molecule has 0 rings (SSSR count). The summed E-state index contributed by atoms with van der Waals surface area (Å²) in [5.74, 6) is 2.16. The van der Waals surface area contributed by atoms with E-state index < -0.39 is 0 Å². The quantitative estimate of drug-likeness (QED) is 0.189. The number of thioether (sulfide) groups is 1. The van der Waals surface area contributed by atoms with E-state index in [0.29, 0.717) is 0 Å². The highest BCUT2D eigenvalue weighted by atomic mass is 32.2. The summed E-state index contributed by atoms with van der Waals surface area (Å²) in [6, 6.07) is 0. The van der Waals surface area contributed by atoms with Crippen LogP contribution >= 0.6 is 11.8 Å². The van der Waals surface area contributed by atoms with Crippen LogP contribution in [-0.2, 0) is 0 Å². The molecule has 154 valence electrons. The van der Waals surface area contributed by atoms with E-state index in [4.69, 9.17) is 0 Å². The van der Waals surface area contributed by atoms with Gasteiger partial charge in [0.15, 0.2) is 0 Å². The maximum atomic E-state index is 4.63. The van der Waals surface area contributed by atoms with Gasteiger partial charge in [-0.3, -0.25) is 4.99 Å². The molecular weight excluding hydrogens is 352 g/mol. The maximum absolute atomic E-state index is 4.63. The molecular formula is C22H40N4S. The van der Waals surface area contributed by atoms with Gasteiger partial charge in [-0.25, -0.2) is 0 Å². The molecule has 0 radical (unpaired) electrons. The van der Waals surface area contributed by atoms with Gasteiger partial charge in [0, 0.05) is 31.8 Å². The third-order valence-corrected chi connectivity index (χ3v) is 4.09. The molecule has 0 unspecified atom stereocenters. The zero-order valence-corrected chi connectivity index (χ0v) is 18.7. The molecule has 0 amide bonds. The number of nitrogens with one attached hydrogen (secondary N) is 2. The van der Waals surface area contributed by atoms with E-state index >= 15 is 0 Å². The van der Waals surface area contributed by atoms with Gasteiger partial charge in [-0.05, 0) is 32.2 Å². The molecule has 5 heteroatoms. The Morgan fingerprint density at radius 3 is 2.33 bits per heavy atom. The Morgan fingerprint density at radius 1 is 1.15 bits per heavy atom. The molecule has 0 fully saturated rings. The Kier molecular flexibility index (Phi) is 21.0. The number of nitrogens with zero attached hydrogens (tertiary/aromatic N) is 2. The van der Waals surface area contributed by atoms with E-state index in [1.807, 2.05) is 13.1 Å². The van der Waals surface area contributed by atoms with Crippen molar-refractivity contribution >= 4 is 17.6 Å². The minimum atomic E-state index is 0.771. The predicted octanol–water partition coefficient (Wildman–Crippen LogP) is 4.97. The number of hydrogen-bond donors (Lipinski definition) is 2.